The Labute approximate surface area is 213 Å². The second kappa shape index (κ2) is 9.82. The fourth-order valence-corrected chi connectivity index (χ4v) is 5.48. The summed E-state index contributed by atoms with van der Waals surface area (Å²) in [5, 5.41) is 0.739. The Morgan fingerprint density at radius 1 is 1.11 bits per heavy atom. The normalized spacial score (nSPS) is 14.3. The van der Waals surface area contributed by atoms with E-state index in [9.17, 15) is 14.0 Å². The average molecular weight is 511 g/mol. The first-order valence-electron chi connectivity index (χ1n) is 12.3. The molecule has 1 amide bonds. The fourth-order valence-electron chi connectivity index (χ4n) is 4.45. The van der Waals surface area contributed by atoms with Gasteiger partial charge in [-0.2, -0.15) is 0 Å². The minimum Gasteiger partial charge on any atom is -0.465 e. The first-order chi connectivity index (χ1) is 16.9. The third kappa shape index (κ3) is 4.97. The summed E-state index contributed by atoms with van der Waals surface area (Å²) in [5.74, 6) is -0.828. The van der Waals surface area contributed by atoms with E-state index in [-0.39, 0.29) is 22.7 Å². The van der Waals surface area contributed by atoms with Crippen LogP contribution in [0.5, 0.6) is 0 Å². The zero-order valence-electron chi connectivity index (χ0n) is 22.0. The SMILES string of the molecule is COC(=O)c1ccc(Cn2c3c(c4cc(F)ccc42)C(=O)N(CCO[Si](C)(C)C(C)(C)C)CC3)cc1. The van der Waals surface area contributed by atoms with E-state index in [1.54, 1.807) is 18.2 Å². The van der Waals surface area contributed by atoms with Crippen LogP contribution in [-0.2, 0) is 22.1 Å². The van der Waals surface area contributed by atoms with Gasteiger partial charge < -0.3 is 18.6 Å². The van der Waals surface area contributed by atoms with Crippen LogP contribution in [0.15, 0.2) is 42.5 Å². The van der Waals surface area contributed by atoms with Crippen LogP contribution in [0.1, 0.15) is 52.7 Å². The number of benzene rings is 2. The van der Waals surface area contributed by atoms with Crippen molar-refractivity contribution in [1.29, 1.82) is 0 Å². The summed E-state index contributed by atoms with van der Waals surface area (Å²) in [7, 11) is -0.553. The summed E-state index contributed by atoms with van der Waals surface area (Å²) >= 11 is 0. The molecule has 0 bridgehead atoms. The summed E-state index contributed by atoms with van der Waals surface area (Å²) in [6.07, 6.45) is 0.678. The van der Waals surface area contributed by atoms with Gasteiger partial charge in [-0.25, -0.2) is 9.18 Å². The van der Waals surface area contributed by atoms with Crippen LogP contribution in [-0.4, -0.2) is 56.5 Å². The maximum atomic E-state index is 14.3. The number of rotatable bonds is 7. The monoisotopic (exact) mass is 510 g/mol. The molecule has 1 aromatic heterocycles. The standard InChI is InChI=1S/C28H35FN2O4Si/c1-28(2,3)36(5,6)35-16-15-30-14-13-24-25(26(30)32)22-17-21(29)11-12-23(22)31(24)18-19-7-9-20(10-8-19)27(33)34-4/h7-12,17H,13-16,18H2,1-6H3. The largest absolute Gasteiger partial charge is 0.465 e. The molecule has 2 aromatic carbocycles. The molecule has 2 heterocycles. The minimum absolute atomic E-state index is 0.0783. The third-order valence-electron chi connectivity index (χ3n) is 7.60. The number of fused-ring (bicyclic) bond motifs is 3. The lowest BCUT2D eigenvalue weighted by Crippen LogP contribution is -2.45. The molecule has 6 nitrogen and oxygen atoms in total. The predicted molar refractivity (Wildman–Crippen MR) is 142 cm³/mol. The topological polar surface area (TPSA) is 60.8 Å². The molecule has 0 saturated heterocycles. The Kier molecular flexibility index (Phi) is 7.12. The highest BCUT2D eigenvalue weighted by Crippen LogP contribution is 2.37. The van der Waals surface area contributed by atoms with Crippen molar-refractivity contribution in [2.75, 3.05) is 26.8 Å². The molecular weight excluding hydrogens is 475 g/mol. The van der Waals surface area contributed by atoms with Crippen LogP contribution in [0.4, 0.5) is 4.39 Å². The van der Waals surface area contributed by atoms with E-state index in [2.05, 4.69) is 38.4 Å². The molecule has 1 aliphatic heterocycles. The average Bonchev–Trinajstić information content (AvgIpc) is 3.12. The van der Waals surface area contributed by atoms with Gasteiger partial charge in [0.05, 0.1) is 24.8 Å². The number of hydrogen-bond acceptors (Lipinski definition) is 4. The number of esters is 1. The van der Waals surface area contributed by atoms with Crippen molar-refractivity contribution in [3.05, 3.63) is 70.7 Å². The summed E-state index contributed by atoms with van der Waals surface area (Å²) in [4.78, 5) is 27.2. The number of halogens is 1. The van der Waals surface area contributed by atoms with Gasteiger partial charge in [-0.15, -0.1) is 0 Å². The Morgan fingerprint density at radius 3 is 2.44 bits per heavy atom. The van der Waals surface area contributed by atoms with Gasteiger partial charge in [0.2, 0.25) is 0 Å². The number of carbonyl (C=O) groups is 2. The zero-order chi connectivity index (χ0) is 26.3. The van der Waals surface area contributed by atoms with Crippen molar-refractivity contribution in [2.45, 2.75) is 51.9 Å². The van der Waals surface area contributed by atoms with E-state index in [4.69, 9.17) is 9.16 Å². The highest BCUT2D eigenvalue weighted by Gasteiger charge is 2.37. The Balaban J connectivity index is 1.61. The van der Waals surface area contributed by atoms with Crippen LogP contribution in [0, 0.1) is 5.82 Å². The fraction of sp³-hybridized carbons (Fsp3) is 0.429. The van der Waals surface area contributed by atoms with Crippen molar-refractivity contribution < 1.29 is 23.1 Å². The molecular formula is C28H35FN2O4Si. The quantitative estimate of drug-likeness (QED) is 0.305. The van der Waals surface area contributed by atoms with Gasteiger partial charge in [-0.05, 0) is 54.0 Å². The molecule has 0 fully saturated rings. The molecule has 192 valence electrons. The lowest BCUT2D eigenvalue weighted by Gasteiger charge is -2.37. The molecule has 0 unspecified atom stereocenters. The first kappa shape index (κ1) is 26.1. The molecule has 0 atom stereocenters. The summed E-state index contributed by atoms with van der Waals surface area (Å²) in [5.41, 5.74) is 3.78. The van der Waals surface area contributed by atoms with E-state index in [1.807, 2.05) is 17.0 Å². The highest BCUT2D eigenvalue weighted by molar-refractivity contribution is 6.74. The van der Waals surface area contributed by atoms with E-state index in [1.165, 1.54) is 19.2 Å². The molecule has 1 aliphatic rings. The van der Waals surface area contributed by atoms with Crippen LogP contribution < -0.4 is 0 Å². The van der Waals surface area contributed by atoms with Gasteiger partial charge in [-0.1, -0.05) is 32.9 Å². The van der Waals surface area contributed by atoms with Gasteiger partial charge in [0.15, 0.2) is 8.32 Å². The molecule has 0 N–H and O–H groups in total. The molecule has 3 aromatic rings. The number of aromatic nitrogens is 1. The Hall–Kier alpha value is -2.97. The van der Waals surface area contributed by atoms with Gasteiger partial charge >= 0.3 is 5.97 Å². The molecule has 8 heteroatoms. The zero-order valence-corrected chi connectivity index (χ0v) is 23.0. The van der Waals surface area contributed by atoms with Crippen LogP contribution in [0.3, 0.4) is 0 Å². The third-order valence-corrected chi connectivity index (χ3v) is 12.1. The maximum absolute atomic E-state index is 14.3. The molecule has 0 saturated carbocycles. The van der Waals surface area contributed by atoms with Crippen LogP contribution >= 0.6 is 0 Å². The summed E-state index contributed by atoms with van der Waals surface area (Å²) in [6.45, 7) is 13.1. The molecule has 0 spiro atoms. The number of carbonyl (C=O) groups excluding carboxylic acids is 2. The van der Waals surface area contributed by atoms with E-state index < -0.39 is 8.32 Å². The van der Waals surface area contributed by atoms with E-state index in [0.29, 0.717) is 49.2 Å². The molecule has 4 rings (SSSR count). The van der Waals surface area contributed by atoms with Gasteiger partial charge in [-0.3, -0.25) is 4.79 Å². The molecule has 0 aliphatic carbocycles. The van der Waals surface area contributed by atoms with Gasteiger partial charge in [0.25, 0.3) is 5.91 Å². The van der Waals surface area contributed by atoms with Gasteiger partial charge in [0, 0.05) is 42.7 Å². The van der Waals surface area contributed by atoms with Crippen molar-refractivity contribution in [3.8, 4) is 0 Å². The summed E-state index contributed by atoms with van der Waals surface area (Å²) in [6, 6.07) is 11.8. The number of hydrogen-bond donors (Lipinski definition) is 0. The van der Waals surface area contributed by atoms with Gasteiger partial charge in [0.1, 0.15) is 5.82 Å². The maximum Gasteiger partial charge on any atom is 0.337 e. The Bertz CT molecular complexity index is 1290. The van der Waals surface area contributed by atoms with E-state index in [0.717, 1.165) is 16.8 Å². The highest BCUT2D eigenvalue weighted by atomic mass is 28.4. The van der Waals surface area contributed by atoms with Crippen molar-refractivity contribution in [3.63, 3.8) is 0 Å². The van der Waals surface area contributed by atoms with Crippen LogP contribution in [0.2, 0.25) is 18.1 Å². The molecule has 36 heavy (non-hydrogen) atoms. The van der Waals surface area contributed by atoms with E-state index >= 15 is 0 Å². The molecule has 0 radical (unpaired) electrons. The van der Waals surface area contributed by atoms with Crippen molar-refractivity contribution in [2.24, 2.45) is 0 Å². The number of ether oxygens (including phenoxy) is 1. The number of amides is 1. The van der Waals surface area contributed by atoms with Crippen LogP contribution in [0.25, 0.3) is 10.9 Å². The lowest BCUT2D eigenvalue weighted by molar-refractivity contribution is 0.0600. The number of methoxy groups -OCH3 is 1. The minimum atomic E-state index is -1.91. The van der Waals surface area contributed by atoms with Crippen molar-refractivity contribution >= 4 is 31.1 Å². The smallest absolute Gasteiger partial charge is 0.337 e. The second-order valence-electron chi connectivity index (χ2n) is 10.9. The lowest BCUT2D eigenvalue weighted by atomic mass is 10.0. The second-order valence-corrected chi connectivity index (χ2v) is 15.7. The number of nitrogens with zero attached hydrogens (tertiary/aromatic N) is 2. The first-order valence-corrected chi connectivity index (χ1v) is 15.2. The van der Waals surface area contributed by atoms with Crippen molar-refractivity contribution in [1.82, 2.24) is 9.47 Å². The predicted octanol–water partition coefficient (Wildman–Crippen LogP) is 5.64. The Morgan fingerprint density at radius 2 is 1.81 bits per heavy atom. The summed E-state index contributed by atoms with van der Waals surface area (Å²) < 4.78 is 27.5.